The van der Waals surface area contributed by atoms with Crippen LogP contribution in [-0.2, 0) is 9.05 Å². The predicted molar refractivity (Wildman–Crippen MR) is 76.9 cm³/mol. The van der Waals surface area contributed by atoms with Crippen LogP contribution in [0.3, 0.4) is 0 Å². The molecule has 6 nitrogen and oxygen atoms in total. The Morgan fingerprint density at radius 1 is 1.00 bits per heavy atom. The molecule has 0 aliphatic heterocycles. The molecule has 21 heavy (non-hydrogen) atoms. The molecule has 0 saturated heterocycles. The lowest BCUT2D eigenvalue weighted by Gasteiger charge is -2.09. The van der Waals surface area contributed by atoms with Gasteiger partial charge < -0.3 is 14.2 Å². The topological polar surface area (TPSA) is 74.7 Å². The third kappa shape index (κ3) is 3.99. The Labute approximate surface area is 126 Å². The SMILES string of the molecule is COc1cc(OC)cc(Oc2ccc(S(=O)(=O)Cl)cn2)c1. The summed E-state index contributed by atoms with van der Waals surface area (Å²) in [6.07, 6.45) is 1.12. The second-order valence-electron chi connectivity index (χ2n) is 3.92. The molecule has 0 atom stereocenters. The van der Waals surface area contributed by atoms with Gasteiger partial charge in [0.25, 0.3) is 9.05 Å². The van der Waals surface area contributed by atoms with Crippen molar-refractivity contribution in [2.45, 2.75) is 4.90 Å². The first-order chi connectivity index (χ1) is 9.92. The number of rotatable bonds is 5. The van der Waals surface area contributed by atoms with Gasteiger partial charge in [0.1, 0.15) is 22.1 Å². The van der Waals surface area contributed by atoms with Crippen molar-refractivity contribution in [2.24, 2.45) is 0 Å². The van der Waals surface area contributed by atoms with Crippen molar-refractivity contribution in [1.29, 1.82) is 0 Å². The summed E-state index contributed by atoms with van der Waals surface area (Å²) in [7, 11) is 4.46. The third-order valence-corrected chi connectivity index (χ3v) is 3.88. The Kier molecular flexibility index (Phi) is 4.54. The van der Waals surface area contributed by atoms with Crippen LogP contribution in [-0.4, -0.2) is 27.6 Å². The van der Waals surface area contributed by atoms with Crippen LogP contribution in [0.15, 0.2) is 41.4 Å². The molecule has 0 fully saturated rings. The first-order valence-corrected chi connectivity index (χ1v) is 8.05. The van der Waals surface area contributed by atoms with Gasteiger partial charge in [-0.1, -0.05) is 0 Å². The Bertz CT molecular complexity index is 708. The molecule has 0 unspecified atom stereocenters. The number of halogens is 1. The number of hydrogen-bond donors (Lipinski definition) is 0. The predicted octanol–water partition coefficient (Wildman–Crippen LogP) is 2.82. The van der Waals surface area contributed by atoms with Gasteiger partial charge in [-0.25, -0.2) is 13.4 Å². The number of ether oxygens (including phenoxy) is 3. The Morgan fingerprint density at radius 3 is 2.00 bits per heavy atom. The molecule has 0 radical (unpaired) electrons. The summed E-state index contributed by atoms with van der Waals surface area (Å²) in [5.41, 5.74) is 0. The average Bonchev–Trinajstić information content (AvgIpc) is 2.46. The average molecular weight is 330 g/mol. The van der Waals surface area contributed by atoms with Crippen LogP contribution in [0.2, 0.25) is 0 Å². The summed E-state index contributed by atoms with van der Waals surface area (Å²) >= 11 is 0. The summed E-state index contributed by atoms with van der Waals surface area (Å²) in [5, 5.41) is 0. The zero-order valence-electron chi connectivity index (χ0n) is 11.2. The molecule has 2 aromatic rings. The van der Waals surface area contributed by atoms with Crippen molar-refractivity contribution < 1.29 is 22.6 Å². The zero-order valence-corrected chi connectivity index (χ0v) is 12.8. The van der Waals surface area contributed by atoms with Gasteiger partial charge in [-0.2, -0.15) is 0 Å². The Hall–Kier alpha value is -1.99. The van der Waals surface area contributed by atoms with Crippen LogP contribution in [0.5, 0.6) is 23.1 Å². The molecular formula is C13H12ClNO5S. The molecule has 8 heteroatoms. The highest BCUT2D eigenvalue weighted by Gasteiger charge is 2.11. The van der Waals surface area contributed by atoms with Crippen LogP contribution >= 0.6 is 10.7 Å². The lowest BCUT2D eigenvalue weighted by molar-refractivity contribution is 0.385. The van der Waals surface area contributed by atoms with E-state index in [1.165, 1.54) is 26.4 Å². The van der Waals surface area contributed by atoms with Crippen molar-refractivity contribution in [3.63, 3.8) is 0 Å². The first kappa shape index (κ1) is 15.4. The molecule has 0 spiro atoms. The number of methoxy groups -OCH3 is 2. The maximum Gasteiger partial charge on any atom is 0.262 e. The van der Waals surface area contributed by atoms with Gasteiger partial charge in [0, 0.05) is 34.9 Å². The van der Waals surface area contributed by atoms with Crippen LogP contribution in [0, 0.1) is 0 Å². The fourth-order valence-corrected chi connectivity index (χ4v) is 2.22. The van der Waals surface area contributed by atoms with Gasteiger partial charge in [0.15, 0.2) is 0 Å². The molecule has 0 bridgehead atoms. The highest BCUT2D eigenvalue weighted by atomic mass is 35.7. The molecule has 1 aromatic heterocycles. The Balaban J connectivity index is 2.25. The van der Waals surface area contributed by atoms with E-state index in [1.54, 1.807) is 18.2 Å². The molecule has 2 rings (SSSR count). The minimum absolute atomic E-state index is 0.0975. The largest absolute Gasteiger partial charge is 0.496 e. The van der Waals surface area contributed by atoms with Gasteiger partial charge in [-0.3, -0.25) is 0 Å². The van der Waals surface area contributed by atoms with E-state index in [-0.39, 0.29) is 10.8 Å². The van der Waals surface area contributed by atoms with Gasteiger partial charge >= 0.3 is 0 Å². The summed E-state index contributed by atoms with van der Waals surface area (Å²) in [4.78, 5) is 3.79. The number of benzene rings is 1. The van der Waals surface area contributed by atoms with E-state index in [0.29, 0.717) is 17.2 Å². The number of hydrogen-bond acceptors (Lipinski definition) is 6. The molecule has 0 aliphatic carbocycles. The quantitative estimate of drug-likeness (QED) is 0.785. The number of aromatic nitrogens is 1. The van der Waals surface area contributed by atoms with E-state index < -0.39 is 9.05 Å². The molecule has 0 saturated carbocycles. The molecule has 0 N–H and O–H groups in total. The van der Waals surface area contributed by atoms with Gasteiger partial charge in [0.2, 0.25) is 5.88 Å². The monoisotopic (exact) mass is 329 g/mol. The van der Waals surface area contributed by atoms with E-state index in [0.717, 1.165) is 6.20 Å². The minimum Gasteiger partial charge on any atom is -0.496 e. The second kappa shape index (κ2) is 6.19. The van der Waals surface area contributed by atoms with E-state index >= 15 is 0 Å². The lowest BCUT2D eigenvalue weighted by atomic mass is 10.3. The van der Waals surface area contributed by atoms with Crippen LogP contribution < -0.4 is 14.2 Å². The van der Waals surface area contributed by atoms with E-state index in [9.17, 15) is 8.42 Å². The second-order valence-corrected chi connectivity index (χ2v) is 6.49. The molecule has 0 amide bonds. The van der Waals surface area contributed by atoms with Gasteiger partial charge in [-0.05, 0) is 6.07 Å². The molecule has 1 aromatic carbocycles. The van der Waals surface area contributed by atoms with Crippen LogP contribution in [0.1, 0.15) is 0 Å². The number of pyridine rings is 1. The van der Waals surface area contributed by atoms with Crippen molar-refractivity contribution in [2.75, 3.05) is 14.2 Å². The lowest BCUT2D eigenvalue weighted by Crippen LogP contribution is -1.94. The fourth-order valence-electron chi connectivity index (χ4n) is 1.53. The van der Waals surface area contributed by atoms with Crippen LogP contribution in [0.25, 0.3) is 0 Å². The normalized spacial score (nSPS) is 11.0. The number of nitrogens with zero attached hydrogens (tertiary/aromatic N) is 1. The van der Waals surface area contributed by atoms with Crippen molar-refractivity contribution in [3.05, 3.63) is 36.5 Å². The van der Waals surface area contributed by atoms with Crippen molar-refractivity contribution in [3.8, 4) is 23.1 Å². The summed E-state index contributed by atoms with van der Waals surface area (Å²) < 4.78 is 38.0. The fraction of sp³-hybridized carbons (Fsp3) is 0.154. The maximum absolute atomic E-state index is 11.1. The Morgan fingerprint density at radius 2 is 1.57 bits per heavy atom. The molecule has 112 valence electrons. The third-order valence-electron chi connectivity index (χ3n) is 2.54. The van der Waals surface area contributed by atoms with Crippen molar-refractivity contribution >= 4 is 19.7 Å². The molecular weight excluding hydrogens is 318 g/mol. The summed E-state index contributed by atoms with van der Waals surface area (Å²) in [5.74, 6) is 1.78. The van der Waals surface area contributed by atoms with E-state index in [2.05, 4.69) is 4.98 Å². The highest BCUT2D eigenvalue weighted by Crippen LogP contribution is 2.30. The zero-order chi connectivity index (χ0) is 15.5. The van der Waals surface area contributed by atoms with Crippen molar-refractivity contribution in [1.82, 2.24) is 4.98 Å². The van der Waals surface area contributed by atoms with Crippen LogP contribution in [0.4, 0.5) is 0 Å². The maximum atomic E-state index is 11.1. The summed E-state index contributed by atoms with van der Waals surface area (Å²) in [6, 6.07) is 7.71. The first-order valence-electron chi connectivity index (χ1n) is 5.74. The van der Waals surface area contributed by atoms with E-state index in [4.69, 9.17) is 24.9 Å². The highest BCUT2D eigenvalue weighted by molar-refractivity contribution is 8.13. The molecule has 1 heterocycles. The van der Waals surface area contributed by atoms with Gasteiger partial charge in [-0.15, -0.1) is 0 Å². The molecule has 0 aliphatic rings. The van der Waals surface area contributed by atoms with E-state index in [1.807, 2.05) is 0 Å². The standard InChI is InChI=1S/C13H12ClNO5S/c1-18-9-5-10(19-2)7-11(6-9)20-13-4-3-12(8-15-13)21(14,16)17/h3-8H,1-2H3. The van der Waals surface area contributed by atoms with Gasteiger partial charge in [0.05, 0.1) is 20.4 Å². The smallest absolute Gasteiger partial charge is 0.262 e. The summed E-state index contributed by atoms with van der Waals surface area (Å²) in [6.45, 7) is 0. The minimum atomic E-state index is -3.80.